The van der Waals surface area contributed by atoms with Gasteiger partial charge in [0.15, 0.2) is 0 Å². The average Bonchev–Trinajstić information content (AvgIpc) is 2.61. The van der Waals surface area contributed by atoms with Gasteiger partial charge in [-0.1, -0.05) is 6.07 Å². The van der Waals surface area contributed by atoms with Crippen LogP contribution in [0, 0.1) is 5.82 Å². The summed E-state index contributed by atoms with van der Waals surface area (Å²) in [5, 5.41) is 3.62. The van der Waals surface area contributed by atoms with Crippen LogP contribution in [-0.4, -0.2) is 17.5 Å². The first-order valence-electron chi connectivity index (χ1n) is 7.71. The van der Waals surface area contributed by atoms with Gasteiger partial charge in [-0.25, -0.2) is 4.39 Å². The number of amides is 1. The van der Waals surface area contributed by atoms with Crippen molar-refractivity contribution in [2.45, 2.75) is 13.5 Å². The molecule has 1 aromatic heterocycles. The Hall–Kier alpha value is -2.95. The van der Waals surface area contributed by atoms with Gasteiger partial charge in [0.25, 0.3) is 5.91 Å². The molecule has 2 aromatic carbocycles. The highest BCUT2D eigenvalue weighted by Crippen LogP contribution is 2.17. The molecule has 3 rings (SSSR count). The van der Waals surface area contributed by atoms with E-state index in [0.29, 0.717) is 23.5 Å². The highest BCUT2D eigenvalue weighted by Gasteiger charge is 2.09. The molecule has 0 spiro atoms. The van der Waals surface area contributed by atoms with Crippen LogP contribution in [0.25, 0.3) is 10.9 Å². The summed E-state index contributed by atoms with van der Waals surface area (Å²) in [4.78, 5) is 16.5. The van der Waals surface area contributed by atoms with E-state index in [2.05, 4.69) is 10.3 Å². The minimum atomic E-state index is -0.374. The Labute approximate surface area is 139 Å². The van der Waals surface area contributed by atoms with Crippen LogP contribution < -0.4 is 10.1 Å². The van der Waals surface area contributed by atoms with Crippen molar-refractivity contribution in [1.29, 1.82) is 0 Å². The molecular weight excluding hydrogens is 307 g/mol. The lowest BCUT2D eigenvalue weighted by molar-refractivity contribution is 0.0950. The van der Waals surface area contributed by atoms with Crippen molar-refractivity contribution in [3.05, 3.63) is 71.7 Å². The molecular formula is C19H17FN2O2. The maximum absolute atomic E-state index is 13.9. The number of benzene rings is 2. The summed E-state index contributed by atoms with van der Waals surface area (Å²) in [6.45, 7) is 2.46. The van der Waals surface area contributed by atoms with E-state index in [1.165, 1.54) is 6.07 Å². The minimum Gasteiger partial charge on any atom is -0.494 e. The van der Waals surface area contributed by atoms with E-state index in [1.807, 2.05) is 19.1 Å². The predicted octanol–water partition coefficient (Wildman–Crippen LogP) is 3.70. The van der Waals surface area contributed by atoms with Crippen molar-refractivity contribution in [2.75, 3.05) is 6.61 Å². The summed E-state index contributed by atoms with van der Waals surface area (Å²) in [5.41, 5.74) is 1.72. The number of nitrogens with one attached hydrogen (secondary N) is 1. The fourth-order valence-corrected chi connectivity index (χ4v) is 2.44. The Morgan fingerprint density at radius 2 is 2.08 bits per heavy atom. The maximum atomic E-state index is 13.9. The van der Waals surface area contributed by atoms with Gasteiger partial charge >= 0.3 is 0 Å². The summed E-state index contributed by atoms with van der Waals surface area (Å²) in [6, 6.07) is 13.5. The number of halogens is 1. The summed E-state index contributed by atoms with van der Waals surface area (Å²) < 4.78 is 19.2. The first-order valence-corrected chi connectivity index (χ1v) is 7.71. The number of aromatic nitrogens is 1. The smallest absolute Gasteiger partial charge is 0.251 e. The molecule has 0 atom stereocenters. The van der Waals surface area contributed by atoms with Crippen molar-refractivity contribution in [3.63, 3.8) is 0 Å². The van der Waals surface area contributed by atoms with Gasteiger partial charge in [-0.05, 0) is 49.4 Å². The zero-order valence-electron chi connectivity index (χ0n) is 13.3. The number of pyridine rings is 1. The molecule has 0 aliphatic heterocycles. The van der Waals surface area contributed by atoms with Crippen molar-refractivity contribution < 1.29 is 13.9 Å². The van der Waals surface area contributed by atoms with Gasteiger partial charge in [0.2, 0.25) is 0 Å². The Kier molecular flexibility index (Phi) is 4.70. The molecule has 0 aliphatic rings. The molecule has 122 valence electrons. The number of carbonyl (C=O) groups excluding carboxylic acids is 1. The van der Waals surface area contributed by atoms with Crippen molar-refractivity contribution in [2.24, 2.45) is 0 Å². The van der Waals surface area contributed by atoms with Crippen LogP contribution in [0.15, 0.2) is 54.7 Å². The molecule has 24 heavy (non-hydrogen) atoms. The zero-order valence-corrected chi connectivity index (χ0v) is 13.3. The summed E-state index contributed by atoms with van der Waals surface area (Å²) >= 11 is 0. The number of hydrogen-bond donors (Lipinski definition) is 1. The third-order valence-electron chi connectivity index (χ3n) is 3.63. The monoisotopic (exact) mass is 324 g/mol. The van der Waals surface area contributed by atoms with Crippen LogP contribution in [0.1, 0.15) is 22.8 Å². The highest BCUT2D eigenvalue weighted by molar-refractivity contribution is 5.97. The Morgan fingerprint density at radius 1 is 1.21 bits per heavy atom. The third-order valence-corrected chi connectivity index (χ3v) is 3.63. The lowest BCUT2D eigenvalue weighted by atomic mass is 10.1. The number of hydrogen-bond acceptors (Lipinski definition) is 3. The molecule has 0 fully saturated rings. The van der Waals surface area contributed by atoms with Gasteiger partial charge in [-0.2, -0.15) is 0 Å². The first kappa shape index (κ1) is 15.9. The number of ether oxygens (including phenoxy) is 1. The number of rotatable bonds is 5. The molecule has 4 nitrogen and oxygen atoms in total. The molecule has 0 saturated heterocycles. The van der Waals surface area contributed by atoms with Gasteiger partial charge < -0.3 is 10.1 Å². The minimum absolute atomic E-state index is 0.0939. The van der Waals surface area contributed by atoms with Crippen molar-refractivity contribution in [1.82, 2.24) is 10.3 Å². The van der Waals surface area contributed by atoms with E-state index in [1.54, 1.807) is 36.5 Å². The van der Waals surface area contributed by atoms with Gasteiger partial charge in [-0.15, -0.1) is 0 Å². The molecule has 1 amide bonds. The molecule has 0 saturated carbocycles. The summed E-state index contributed by atoms with van der Waals surface area (Å²) in [5.74, 6) is -0.0524. The zero-order chi connectivity index (χ0) is 16.9. The SMILES string of the molecule is CCOc1ccc(F)c(CNC(=O)c2ccc3ncccc3c2)c1. The van der Waals surface area contributed by atoms with Gasteiger partial charge in [0.05, 0.1) is 12.1 Å². The normalized spacial score (nSPS) is 10.6. The molecule has 0 radical (unpaired) electrons. The second kappa shape index (κ2) is 7.08. The van der Waals surface area contributed by atoms with E-state index in [0.717, 1.165) is 10.9 Å². The van der Waals surface area contributed by atoms with Crippen molar-refractivity contribution >= 4 is 16.8 Å². The van der Waals surface area contributed by atoms with Crippen molar-refractivity contribution in [3.8, 4) is 5.75 Å². The highest BCUT2D eigenvalue weighted by atomic mass is 19.1. The van der Waals surface area contributed by atoms with Crippen LogP contribution >= 0.6 is 0 Å². The predicted molar refractivity (Wildman–Crippen MR) is 90.5 cm³/mol. The lowest BCUT2D eigenvalue weighted by Gasteiger charge is -2.09. The molecule has 0 unspecified atom stereocenters. The maximum Gasteiger partial charge on any atom is 0.251 e. The average molecular weight is 324 g/mol. The Balaban J connectivity index is 1.73. The van der Waals surface area contributed by atoms with Gasteiger partial charge in [0, 0.05) is 29.3 Å². The molecule has 0 bridgehead atoms. The van der Waals surface area contributed by atoms with E-state index >= 15 is 0 Å². The van der Waals surface area contributed by atoms with Gasteiger partial charge in [0.1, 0.15) is 11.6 Å². The van der Waals surface area contributed by atoms with Crippen LogP contribution in [-0.2, 0) is 6.54 Å². The first-order chi connectivity index (χ1) is 11.7. The van der Waals surface area contributed by atoms with E-state index in [-0.39, 0.29) is 18.3 Å². The number of carbonyl (C=O) groups is 1. The number of fused-ring (bicyclic) bond motifs is 1. The topological polar surface area (TPSA) is 51.2 Å². The standard InChI is InChI=1S/C19H17FN2O2/c1-2-24-16-6-7-17(20)15(11-16)12-22-19(23)14-5-8-18-13(10-14)4-3-9-21-18/h3-11H,2,12H2,1H3,(H,22,23). The molecule has 1 N–H and O–H groups in total. The molecule has 3 aromatic rings. The van der Waals surface area contributed by atoms with Crippen LogP contribution in [0.4, 0.5) is 4.39 Å². The second-order valence-corrected chi connectivity index (χ2v) is 5.28. The molecule has 0 aliphatic carbocycles. The summed E-state index contributed by atoms with van der Waals surface area (Å²) in [7, 11) is 0. The quantitative estimate of drug-likeness (QED) is 0.778. The fraction of sp³-hybridized carbons (Fsp3) is 0.158. The van der Waals surface area contributed by atoms with Crippen LogP contribution in [0.5, 0.6) is 5.75 Å². The van der Waals surface area contributed by atoms with E-state index < -0.39 is 0 Å². The number of nitrogens with zero attached hydrogens (tertiary/aromatic N) is 1. The fourth-order valence-electron chi connectivity index (χ4n) is 2.44. The third kappa shape index (κ3) is 3.51. The van der Waals surface area contributed by atoms with E-state index in [9.17, 15) is 9.18 Å². The molecule has 5 heteroatoms. The summed E-state index contributed by atoms with van der Waals surface area (Å²) in [6.07, 6.45) is 1.70. The van der Waals surface area contributed by atoms with Crippen LogP contribution in [0.3, 0.4) is 0 Å². The molecule has 1 heterocycles. The Morgan fingerprint density at radius 3 is 2.92 bits per heavy atom. The largest absolute Gasteiger partial charge is 0.494 e. The van der Waals surface area contributed by atoms with Crippen LogP contribution in [0.2, 0.25) is 0 Å². The lowest BCUT2D eigenvalue weighted by Crippen LogP contribution is -2.23. The Bertz CT molecular complexity index is 880. The second-order valence-electron chi connectivity index (χ2n) is 5.28. The van der Waals surface area contributed by atoms with Gasteiger partial charge in [-0.3, -0.25) is 9.78 Å². The van der Waals surface area contributed by atoms with E-state index in [4.69, 9.17) is 4.74 Å².